The van der Waals surface area contributed by atoms with Gasteiger partial charge in [0, 0.05) is 25.2 Å². The maximum atomic E-state index is 12.7. The van der Waals surface area contributed by atoms with Crippen molar-refractivity contribution in [2.24, 2.45) is 4.99 Å². The minimum Gasteiger partial charge on any atom is -0.342 e. The fraction of sp³-hybridized carbons (Fsp3) is 0.529. The standard InChI is InChI=1S/C17H23N3O/c1-2-14-6-8-15(9-7-14)16(21)20-13-10-18-17(20)19-11-4-3-5-12-19/h6-9H,2-5,10-13H2,1H3. The zero-order chi connectivity index (χ0) is 14.7. The normalized spacial score (nSPS) is 18.8. The Labute approximate surface area is 126 Å². The molecular weight excluding hydrogens is 262 g/mol. The lowest BCUT2D eigenvalue weighted by molar-refractivity contribution is 0.0841. The molecule has 2 aliphatic rings. The third kappa shape index (κ3) is 2.94. The van der Waals surface area contributed by atoms with Crippen LogP contribution >= 0.6 is 0 Å². The number of benzene rings is 1. The Bertz CT molecular complexity index is 529. The van der Waals surface area contributed by atoms with Crippen LogP contribution in [-0.4, -0.2) is 47.8 Å². The number of hydrogen-bond donors (Lipinski definition) is 0. The molecule has 4 heteroatoms. The molecule has 0 N–H and O–H groups in total. The van der Waals surface area contributed by atoms with Crippen molar-refractivity contribution >= 4 is 11.9 Å². The first-order chi connectivity index (χ1) is 10.3. The van der Waals surface area contributed by atoms with E-state index in [-0.39, 0.29) is 5.91 Å². The summed E-state index contributed by atoms with van der Waals surface area (Å²) in [5.41, 5.74) is 2.02. The quantitative estimate of drug-likeness (QED) is 0.837. The van der Waals surface area contributed by atoms with E-state index in [4.69, 9.17) is 0 Å². The molecule has 3 rings (SSSR count). The molecule has 0 saturated carbocycles. The van der Waals surface area contributed by atoms with Gasteiger partial charge >= 0.3 is 0 Å². The molecule has 0 aliphatic carbocycles. The molecule has 1 aromatic carbocycles. The lowest BCUT2D eigenvalue weighted by atomic mass is 10.1. The maximum absolute atomic E-state index is 12.7. The number of aliphatic imine (C=N–C) groups is 1. The van der Waals surface area contributed by atoms with Crippen molar-refractivity contribution in [1.82, 2.24) is 9.80 Å². The molecule has 1 fully saturated rings. The van der Waals surface area contributed by atoms with Gasteiger partial charge in [-0.2, -0.15) is 0 Å². The predicted molar refractivity (Wildman–Crippen MR) is 84.6 cm³/mol. The zero-order valence-electron chi connectivity index (χ0n) is 12.7. The van der Waals surface area contributed by atoms with Gasteiger partial charge in [0.05, 0.1) is 6.54 Å². The Morgan fingerprint density at radius 2 is 1.81 bits per heavy atom. The highest BCUT2D eigenvalue weighted by Crippen LogP contribution is 2.17. The van der Waals surface area contributed by atoms with E-state index in [1.807, 2.05) is 29.2 Å². The van der Waals surface area contributed by atoms with Crippen molar-refractivity contribution in [3.63, 3.8) is 0 Å². The number of amides is 1. The summed E-state index contributed by atoms with van der Waals surface area (Å²) in [6.07, 6.45) is 4.69. The maximum Gasteiger partial charge on any atom is 0.260 e. The Morgan fingerprint density at radius 1 is 1.10 bits per heavy atom. The van der Waals surface area contributed by atoms with Crippen LogP contribution in [0, 0.1) is 0 Å². The summed E-state index contributed by atoms with van der Waals surface area (Å²) in [4.78, 5) is 21.4. The third-order valence-electron chi connectivity index (χ3n) is 4.31. The van der Waals surface area contributed by atoms with Gasteiger partial charge in [0.2, 0.25) is 5.96 Å². The number of carbonyl (C=O) groups excluding carboxylic acids is 1. The Hall–Kier alpha value is -1.84. The van der Waals surface area contributed by atoms with Crippen LogP contribution in [0.15, 0.2) is 29.3 Å². The topological polar surface area (TPSA) is 35.9 Å². The Kier molecular flexibility index (Phi) is 4.23. The van der Waals surface area contributed by atoms with E-state index in [0.717, 1.165) is 37.6 Å². The van der Waals surface area contributed by atoms with Crippen LogP contribution in [0.1, 0.15) is 42.1 Å². The van der Waals surface area contributed by atoms with Crippen molar-refractivity contribution in [2.45, 2.75) is 32.6 Å². The van der Waals surface area contributed by atoms with E-state index in [1.165, 1.54) is 24.8 Å². The largest absolute Gasteiger partial charge is 0.342 e. The summed E-state index contributed by atoms with van der Waals surface area (Å²) in [5, 5.41) is 0. The average molecular weight is 285 g/mol. The molecule has 1 aromatic rings. The van der Waals surface area contributed by atoms with Crippen LogP contribution in [0.2, 0.25) is 0 Å². The summed E-state index contributed by atoms with van der Waals surface area (Å²) in [6.45, 7) is 5.61. The second-order valence-corrected chi connectivity index (χ2v) is 5.74. The number of likely N-dealkylation sites (tertiary alicyclic amines) is 1. The molecule has 0 aromatic heterocycles. The van der Waals surface area contributed by atoms with Gasteiger partial charge in [-0.3, -0.25) is 14.7 Å². The highest BCUT2D eigenvalue weighted by Gasteiger charge is 2.29. The van der Waals surface area contributed by atoms with Crippen molar-refractivity contribution in [2.75, 3.05) is 26.2 Å². The number of aryl methyl sites for hydroxylation is 1. The van der Waals surface area contributed by atoms with E-state index in [0.29, 0.717) is 6.54 Å². The molecule has 0 radical (unpaired) electrons. The lowest BCUT2D eigenvalue weighted by Gasteiger charge is -2.32. The van der Waals surface area contributed by atoms with Crippen LogP contribution in [0.3, 0.4) is 0 Å². The molecule has 1 saturated heterocycles. The molecule has 2 aliphatic heterocycles. The smallest absolute Gasteiger partial charge is 0.260 e. The molecule has 112 valence electrons. The monoisotopic (exact) mass is 285 g/mol. The van der Waals surface area contributed by atoms with E-state index in [9.17, 15) is 4.79 Å². The lowest BCUT2D eigenvalue weighted by Crippen LogP contribution is -2.46. The molecule has 4 nitrogen and oxygen atoms in total. The zero-order valence-corrected chi connectivity index (χ0v) is 12.7. The summed E-state index contributed by atoms with van der Waals surface area (Å²) < 4.78 is 0. The van der Waals surface area contributed by atoms with Crippen molar-refractivity contribution in [1.29, 1.82) is 0 Å². The van der Waals surface area contributed by atoms with Gasteiger partial charge < -0.3 is 4.90 Å². The van der Waals surface area contributed by atoms with E-state index >= 15 is 0 Å². The first-order valence-electron chi connectivity index (χ1n) is 8.00. The first-order valence-corrected chi connectivity index (χ1v) is 8.00. The SMILES string of the molecule is CCc1ccc(C(=O)N2CCN=C2N2CCCCC2)cc1. The van der Waals surface area contributed by atoms with Crippen LogP contribution in [0.5, 0.6) is 0 Å². The average Bonchev–Trinajstić information content (AvgIpc) is 3.04. The minimum atomic E-state index is 0.0828. The van der Waals surface area contributed by atoms with E-state index in [2.05, 4.69) is 16.8 Å². The Morgan fingerprint density at radius 3 is 2.48 bits per heavy atom. The van der Waals surface area contributed by atoms with Gasteiger partial charge in [-0.15, -0.1) is 0 Å². The van der Waals surface area contributed by atoms with E-state index < -0.39 is 0 Å². The van der Waals surface area contributed by atoms with Crippen LogP contribution < -0.4 is 0 Å². The molecule has 0 spiro atoms. The third-order valence-corrected chi connectivity index (χ3v) is 4.31. The fourth-order valence-corrected chi connectivity index (χ4v) is 3.03. The second kappa shape index (κ2) is 6.29. The molecule has 0 bridgehead atoms. The first kappa shape index (κ1) is 14.1. The van der Waals surface area contributed by atoms with Crippen molar-refractivity contribution in [3.05, 3.63) is 35.4 Å². The van der Waals surface area contributed by atoms with Crippen molar-refractivity contribution < 1.29 is 4.79 Å². The summed E-state index contributed by atoms with van der Waals surface area (Å²) in [5.74, 6) is 0.971. The van der Waals surface area contributed by atoms with Gasteiger partial charge in [0.15, 0.2) is 0 Å². The molecule has 0 unspecified atom stereocenters. The van der Waals surface area contributed by atoms with E-state index in [1.54, 1.807) is 0 Å². The van der Waals surface area contributed by atoms with Crippen LogP contribution in [0.25, 0.3) is 0 Å². The molecular formula is C17H23N3O. The molecule has 21 heavy (non-hydrogen) atoms. The number of piperidine rings is 1. The van der Waals surface area contributed by atoms with Crippen LogP contribution in [0.4, 0.5) is 0 Å². The number of rotatable bonds is 2. The second-order valence-electron chi connectivity index (χ2n) is 5.74. The van der Waals surface area contributed by atoms with Crippen LogP contribution in [-0.2, 0) is 6.42 Å². The molecule has 2 heterocycles. The summed E-state index contributed by atoms with van der Waals surface area (Å²) >= 11 is 0. The highest BCUT2D eigenvalue weighted by atomic mass is 16.2. The number of carbonyl (C=O) groups is 1. The number of hydrogen-bond acceptors (Lipinski definition) is 3. The van der Waals surface area contributed by atoms with Gasteiger partial charge in [-0.1, -0.05) is 19.1 Å². The van der Waals surface area contributed by atoms with Gasteiger partial charge in [-0.05, 0) is 43.4 Å². The van der Waals surface area contributed by atoms with Gasteiger partial charge in [0.25, 0.3) is 5.91 Å². The summed E-state index contributed by atoms with van der Waals surface area (Å²) in [7, 11) is 0. The highest BCUT2D eigenvalue weighted by molar-refractivity contribution is 6.06. The number of guanidine groups is 1. The summed E-state index contributed by atoms with van der Waals surface area (Å²) in [6, 6.07) is 7.96. The van der Waals surface area contributed by atoms with Gasteiger partial charge in [-0.25, -0.2) is 0 Å². The predicted octanol–water partition coefficient (Wildman–Crippen LogP) is 2.55. The molecule has 1 amide bonds. The van der Waals surface area contributed by atoms with Gasteiger partial charge in [0.1, 0.15) is 0 Å². The Balaban J connectivity index is 1.75. The number of nitrogens with zero attached hydrogens (tertiary/aromatic N) is 3. The molecule has 0 atom stereocenters. The minimum absolute atomic E-state index is 0.0828. The fourth-order valence-electron chi connectivity index (χ4n) is 3.03. The van der Waals surface area contributed by atoms with Crippen molar-refractivity contribution in [3.8, 4) is 0 Å².